The molecule has 0 aromatic carbocycles. The molecule has 0 spiro atoms. The first kappa shape index (κ1) is 17.5. The number of rotatable bonds is 7. The Hall–Kier alpha value is -1.53. The molecule has 110 valence electrons. The van der Waals surface area contributed by atoms with Crippen LogP contribution < -0.4 is 11.5 Å². The summed E-state index contributed by atoms with van der Waals surface area (Å²) in [6.07, 6.45) is 8.09. The summed E-state index contributed by atoms with van der Waals surface area (Å²) in [7, 11) is 0. The second kappa shape index (κ2) is 10.4. The van der Waals surface area contributed by atoms with Crippen molar-refractivity contribution in [3.8, 4) is 0 Å². The normalized spacial score (nSPS) is 14.9. The fraction of sp³-hybridized carbons (Fsp3) is 0.615. The highest BCUT2D eigenvalue weighted by Crippen LogP contribution is 2.04. The maximum Gasteiger partial charge on any atom is 0.320 e. The zero-order chi connectivity index (χ0) is 14.7. The summed E-state index contributed by atoms with van der Waals surface area (Å²) in [5.74, 6) is -0.933. The highest BCUT2D eigenvalue weighted by molar-refractivity contribution is 5.72. The highest BCUT2D eigenvalue weighted by atomic mass is 16.4. The molecule has 0 aromatic heterocycles. The first-order chi connectivity index (χ1) is 9.04. The van der Waals surface area contributed by atoms with Crippen LogP contribution in [-0.2, 0) is 4.79 Å². The molecule has 0 aromatic rings. The number of hydrogen-bond acceptors (Lipinski definition) is 5. The standard InChI is InChI=1S/C7H12N2.C6H14N2O2/c1-3-8-5-6-9(4-2)7-8;7-4-2-1-3-5(8)6(9)10/h3,5-6H,1,4,7H2,2H3;5H,1-4,7-8H2,(H,9,10)/t;5-/m.0/s1. The Kier molecular flexibility index (Phi) is 9.56. The number of hydrogen-bond donors (Lipinski definition) is 3. The fourth-order valence-corrected chi connectivity index (χ4v) is 1.44. The van der Waals surface area contributed by atoms with E-state index in [1.54, 1.807) is 0 Å². The summed E-state index contributed by atoms with van der Waals surface area (Å²) in [6.45, 7) is 8.43. The zero-order valence-electron chi connectivity index (χ0n) is 11.7. The summed E-state index contributed by atoms with van der Waals surface area (Å²) < 4.78 is 0. The average Bonchev–Trinajstić information content (AvgIpc) is 2.87. The lowest BCUT2D eigenvalue weighted by molar-refractivity contribution is -0.138. The molecule has 5 N–H and O–H groups in total. The van der Waals surface area contributed by atoms with Crippen LogP contribution in [0.15, 0.2) is 25.2 Å². The predicted octanol–water partition coefficient (Wildman–Crippen LogP) is 0.723. The van der Waals surface area contributed by atoms with E-state index in [-0.39, 0.29) is 0 Å². The van der Waals surface area contributed by atoms with Crippen molar-refractivity contribution in [2.75, 3.05) is 19.8 Å². The lowest BCUT2D eigenvalue weighted by Gasteiger charge is -2.15. The third kappa shape index (κ3) is 8.23. The van der Waals surface area contributed by atoms with Crippen molar-refractivity contribution < 1.29 is 9.90 Å². The minimum absolute atomic E-state index is 0.520. The largest absolute Gasteiger partial charge is 0.480 e. The van der Waals surface area contributed by atoms with Gasteiger partial charge in [-0.25, -0.2) is 0 Å². The lowest BCUT2D eigenvalue weighted by Crippen LogP contribution is -2.29. The van der Waals surface area contributed by atoms with Gasteiger partial charge in [-0.2, -0.15) is 0 Å². The van der Waals surface area contributed by atoms with Crippen molar-refractivity contribution in [2.24, 2.45) is 11.5 Å². The maximum absolute atomic E-state index is 10.1. The molecule has 0 fully saturated rings. The average molecular weight is 270 g/mol. The Bertz CT molecular complexity index is 294. The van der Waals surface area contributed by atoms with Crippen molar-refractivity contribution in [2.45, 2.75) is 32.2 Å². The molecule has 6 heteroatoms. The highest BCUT2D eigenvalue weighted by Gasteiger charge is 2.09. The van der Waals surface area contributed by atoms with Crippen LogP contribution in [0.25, 0.3) is 0 Å². The Morgan fingerprint density at radius 3 is 2.58 bits per heavy atom. The zero-order valence-corrected chi connectivity index (χ0v) is 11.7. The van der Waals surface area contributed by atoms with E-state index in [1.807, 2.05) is 17.3 Å². The molecule has 1 aliphatic rings. The molecule has 6 nitrogen and oxygen atoms in total. The molecule has 0 radical (unpaired) electrons. The third-order valence-electron chi connectivity index (χ3n) is 2.74. The van der Waals surface area contributed by atoms with E-state index in [4.69, 9.17) is 16.6 Å². The fourth-order valence-electron chi connectivity index (χ4n) is 1.44. The van der Waals surface area contributed by atoms with Gasteiger partial charge in [0.25, 0.3) is 0 Å². The summed E-state index contributed by atoms with van der Waals surface area (Å²) in [5, 5.41) is 8.33. The van der Waals surface area contributed by atoms with Crippen molar-refractivity contribution in [1.82, 2.24) is 9.80 Å². The van der Waals surface area contributed by atoms with Gasteiger partial charge >= 0.3 is 5.97 Å². The Balaban J connectivity index is 0.000000342. The van der Waals surface area contributed by atoms with Crippen LogP contribution in [0.5, 0.6) is 0 Å². The molecular formula is C13H26N4O2. The molecule has 1 aliphatic heterocycles. The van der Waals surface area contributed by atoms with Crippen molar-refractivity contribution in [3.05, 3.63) is 25.2 Å². The van der Waals surface area contributed by atoms with Gasteiger partial charge < -0.3 is 26.4 Å². The van der Waals surface area contributed by atoms with E-state index in [2.05, 4.69) is 24.6 Å². The van der Waals surface area contributed by atoms with E-state index >= 15 is 0 Å². The van der Waals surface area contributed by atoms with E-state index in [0.717, 1.165) is 26.1 Å². The minimum atomic E-state index is -0.933. The van der Waals surface area contributed by atoms with E-state index in [9.17, 15) is 4.79 Å². The molecule has 0 bridgehead atoms. The number of aliphatic carboxylic acids is 1. The van der Waals surface area contributed by atoms with Crippen LogP contribution >= 0.6 is 0 Å². The number of nitrogens with two attached hydrogens (primary N) is 2. The molecule has 0 unspecified atom stereocenters. The van der Waals surface area contributed by atoms with Crippen LogP contribution in [-0.4, -0.2) is 46.7 Å². The maximum atomic E-state index is 10.1. The van der Waals surface area contributed by atoms with Crippen molar-refractivity contribution in [1.29, 1.82) is 0 Å². The number of carboxylic acids is 1. The first-order valence-electron chi connectivity index (χ1n) is 6.54. The van der Waals surface area contributed by atoms with E-state index < -0.39 is 12.0 Å². The quantitative estimate of drug-likeness (QED) is 0.590. The van der Waals surface area contributed by atoms with Crippen LogP contribution in [0, 0.1) is 0 Å². The molecule has 1 rings (SSSR count). The second-order valence-corrected chi connectivity index (χ2v) is 4.27. The molecule has 1 atom stereocenters. The van der Waals surface area contributed by atoms with Gasteiger partial charge in [0.05, 0.1) is 6.67 Å². The Morgan fingerprint density at radius 1 is 1.53 bits per heavy atom. The molecule has 0 saturated heterocycles. The minimum Gasteiger partial charge on any atom is -0.480 e. The predicted molar refractivity (Wildman–Crippen MR) is 76.9 cm³/mol. The first-order valence-corrected chi connectivity index (χ1v) is 6.54. The topological polar surface area (TPSA) is 95.8 Å². The summed E-state index contributed by atoms with van der Waals surface area (Å²) in [6, 6.07) is -0.716. The van der Waals surface area contributed by atoms with Crippen LogP contribution in [0.4, 0.5) is 0 Å². The molecule has 1 heterocycles. The molecule has 0 saturated carbocycles. The van der Waals surface area contributed by atoms with Crippen LogP contribution in [0.3, 0.4) is 0 Å². The van der Waals surface area contributed by atoms with E-state index in [1.165, 1.54) is 0 Å². The summed E-state index contributed by atoms with van der Waals surface area (Å²) in [5.41, 5.74) is 10.4. The Labute approximate surface area is 115 Å². The Morgan fingerprint density at radius 2 is 2.21 bits per heavy atom. The van der Waals surface area contributed by atoms with Gasteiger partial charge in [-0.1, -0.05) is 13.0 Å². The number of unbranched alkanes of at least 4 members (excludes halogenated alkanes) is 1. The molecule has 0 amide bonds. The van der Waals surface area contributed by atoms with Gasteiger partial charge in [-0.3, -0.25) is 4.79 Å². The van der Waals surface area contributed by atoms with Gasteiger partial charge in [0, 0.05) is 18.9 Å². The number of nitrogens with zero attached hydrogens (tertiary/aromatic N) is 2. The second-order valence-electron chi connectivity index (χ2n) is 4.27. The van der Waals surface area contributed by atoms with Gasteiger partial charge in [-0.05, 0) is 32.5 Å². The summed E-state index contributed by atoms with van der Waals surface area (Å²) in [4.78, 5) is 14.4. The monoisotopic (exact) mass is 270 g/mol. The van der Waals surface area contributed by atoms with Crippen LogP contribution in [0.1, 0.15) is 26.2 Å². The smallest absolute Gasteiger partial charge is 0.320 e. The lowest BCUT2D eigenvalue weighted by atomic mass is 10.1. The van der Waals surface area contributed by atoms with Gasteiger partial charge in [-0.15, -0.1) is 0 Å². The third-order valence-corrected chi connectivity index (χ3v) is 2.74. The molecular weight excluding hydrogens is 244 g/mol. The SMILES string of the molecule is C=CN1C=CN(CC)C1.NCCCC[C@H](N)C(=O)O. The van der Waals surface area contributed by atoms with Gasteiger partial charge in [0.1, 0.15) is 6.04 Å². The van der Waals surface area contributed by atoms with Gasteiger partial charge in [0.15, 0.2) is 0 Å². The van der Waals surface area contributed by atoms with Crippen molar-refractivity contribution >= 4 is 5.97 Å². The van der Waals surface area contributed by atoms with Crippen LogP contribution in [0.2, 0.25) is 0 Å². The number of carboxylic acid groups (broad SMARTS) is 1. The van der Waals surface area contributed by atoms with E-state index in [0.29, 0.717) is 13.0 Å². The van der Waals surface area contributed by atoms with Crippen molar-refractivity contribution in [3.63, 3.8) is 0 Å². The van der Waals surface area contributed by atoms with Gasteiger partial charge in [0.2, 0.25) is 0 Å². The molecule has 0 aliphatic carbocycles. The number of carbonyl (C=O) groups is 1. The molecule has 19 heavy (non-hydrogen) atoms. The summed E-state index contributed by atoms with van der Waals surface area (Å²) >= 11 is 0.